The standard InChI is InChI=1S/C17H18N2O/c1-12-10-13-6-3-5-9-16(13)19(12)17(20)15-8-4-2-7-14(15)11-18/h2-9,12H,10-11,18H2,1H3. The summed E-state index contributed by atoms with van der Waals surface area (Å²) < 4.78 is 0. The van der Waals surface area contributed by atoms with E-state index in [-0.39, 0.29) is 11.9 Å². The molecule has 1 atom stereocenters. The lowest BCUT2D eigenvalue weighted by Gasteiger charge is -2.23. The smallest absolute Gasteiger partial charge is 0.258 e. The van der Waals surface area contributed by atoms with Crippen molar-refractivity contribution in [3.63, 3.8) is 0 Å². The second kappa shape index (κ2) is 5.10. The van der Waals surface area contributed by atoms with Crippen molar-refractivity contribution in [2.45, 2.75) is 25.9 Å². The first-order valence-electron chi connectivity index (χ1n) is 6.92. The van der Waals surface area contributed by atoms with E-state index in [0.29, 0.717) is 12.1 Å². The highest BCUT2D eigenvalue weighted by Gasteiger charge is 2.31. The summed E-state index contributed by atoms with van der Waals surface area (Å²) in [6, 6.07) is 15.9. The van der Waals surface area contributed by atoms with Crippen molar-refractivity contribution in [3.05, 3.63) is 65.2 Å². The molecule has 0 fully saturated rings. The van der Waals surface area contributed by atoms with E-state index < -0.39 is 0 Å². The zero-order chi connectivity index (χ0) is 14.1. The van der Waals surface area contributed by atoms with Crippen molar-refractivity contribution in [2.75, 3.05) is 4.90 Å². The maximum Gasteiger partial charge on any atom is 0.258 e. The lowest BCUT2D eigenvalue weighted by atomic mass is 10.1. The number of hydrogen-bond acceptors (Lipinski definition) is 2. The number of nitrogens with zero attached hydrogens (tertiary/aromatic N) is 1. The molecular formula is C17H18N2O. The van der Waals surface area contributed by atoms with Gasteiger partial charge >= 0.3 is 0 Å². The molecule has 3 nitrogen and oxygen atoms in total. The lowest BCUT2D eigenvalue weighted by Crippen LogP contribution is -2.36. The molecule has 1 amide bonds. The van der Waals surface area contributed by atoms with Crippen LogP contribution in [0.25, 0.3) is 0 Å². The molecule has 0 spiro atoms. The Morgan fingerprint density at radius 3 is 2.70 bits per heavy atom. The van der Waals surface area contributed by atoms with Crippen molar-refractivity contribution in [1.82, 2.24) is 0 Å². The number of nitrogens with two attached hydrogens (primary N) is 1. The fraction of sp³-hybridized carbons (Fsp3) is 0.235. The molecule has 0 saturated heterocycles. The molecule has 0 saturated carbocycles. The van der Waals surface area contributed by atoms with E-state index in [4.69, 9.17) is 5.73 Å². The van der Waals surface area contributed by atoms with Crippen molar-refractivity contribution < 1.29 is 4.79 Å². The molecule has 3 heteroatoms. The van der Waals surface area contributed by atoms with E-state index in [0.717, 1.165) is 17.7 Å². The highest BCUT2D eigenvalue weighted by Crippen LogP contribution is 2.33. The van der Waals surface area contributed by atoms with Gasteiger partial charge in [0.15, 0.2) is 0 Å². The number of fused-ring (bicyclic) bond motifs is 1. The fourth-order valence-electron chi connectivity index (χ4n) is 2.91. The van der Waals surface area contributed by atoms with Crippen LogP contribution < -0.4 is 10.6 Å². The van der Waals surface area contributed by atoms with Crippen LogP contribution in [0, 0.1) is 0 Å². The molecule has 102 valence electrons. The number of carbonyl (C=O) groups is 1. The summed E-state index contributed by atoms with van der Waals surface area (Å²) in [5.74, 6) is 0.0449. The van der Waals surface area contributed by atoms with Gasteiger partial charge in [-0.3, -0.25) is 4.79 Å². The minimum atomic E-state index is 0.0449. The largest absolute Gasteiger partial charge is 0.326 e. The molecule has 0 bridgehead atoms. The predicted octanol–water partition coefficient (Wildman–Crippen LogP) is 2.74. The van der Waals surface area contributed by atoms with Crippen LogP contribution in [0.3, 0.4) is 0 Å². The van der Waals surface area contributed by atoms with Crippen LogP contribution in [0.2, 0.25) is 0 Å². The van der Waals surface area contributed by atoms with Gasteiger partial charge in [-0.15, -0.1) is 0 Å². The molecule has 1 heterocycles. The van der Waals surface area contributed by atoms with Crippen molar-refractivity contribution in [1.29, 1.82) is 0 Å². The van der Waals surface area contributed by atoms with Gasteiger partial charge in [0, 0.05) is 23.8 Å². The highest BCUT2D eigenvalue weighted by atomic mass is 16.2. The number of amides is 1. The number of benzene rings is 2. The summed E-state index contributed by atoms with van der Waals surface area (Å²) in [6.45, 7) is 2.47. The Kier molecular flexibility index (Phi) is 3.28. The first-order valence-corrected chi connectivity index (χ1v) is 6.92. The normalized spacial score (nSPS) is 17.1. The minimum absolute atomic E-state index is 0.0449. The Morgan fingerprint density at radius 2 is 1.90 bits per heavy atom. The molecule has 0 radical (unpaired) electrons. The summed E-state index contributed by atoms with van der Waals surface area (Å²) in [4.78, 5) is 14.8. The second-order valence-corrected chi connectivity index (χ2v) is 5.22. The van der Waals surface area contributed by atoms with Gasteiger partial charge in [-0.1, -0.05) is 36.4 Å². The van der Waals surface area contributed by atoms with Crippen LogP contribution in [-0.2, 0) is 13.0 Å². The summed E-state index contributed by atoms with van der Waals surface area (Å²) in [7, 11) is 0. The Bertz CT molecular complexity index is 651. The number of anilines is 1. The molecule has 1 aliphatic heterocycles. The van der Waals surface area contributed by atoms with Crippen LogP contribution in [0.4, 0.5) is 5.69 Å². The fourth-order valence-corrected chi connectivity index (χ4v) is 2.91. The Balaban J connectivity index is 2.03. The van der Waals surface area contributed by atoms with Gasteiger partial charge in [0.2, 0.25) is 0 Å². The minimum Gasteiger partial charge on any atom is -0.326 e. The third-order valence-corrected chi connectivity index (χ3v) is 3.89. The van der Waals surface area contributed by atoms with Crippen LogP contribution >= 0.6 is 0 Å². The van der Waals surface area contributed by atoms with Gasteiger partial charge in [0.05, 0.1) is 0 Å². The van der Waals surface area contributed by atoms with E-state index in [1.807, 2.05) is 47.4 Å². The maximum atomic E-state index is 12.9. The molecule has 3 rings (SSSR count). The van der Waals surface area contributed by atoms with Gasteiger partial charge in [-0.25, -0.2) is 0 Å². The Labute approximate surface area is 119 Å². The van der Waals surface area contributed by atoms with E-state index >= 15 is 0 Å². The van der Waals surface area contributed by atoms with Gasteiger partial charge in [0.1, 0.15) is 0 Å². The molecule has 1 aliphatic rings. The van der Waals surface area contributed by atoms with Crippen LogP contribution in [0.1, 0.15) is 28.4 Å². The number of para-hydroxylation sites is 1. The molecule has 20 heavy (non-hydrogen) atoms. The summed E-state index contributed by atoms with van der Waals surface area (Å²) >= 11 is 0. The molecule has 2 N–H and O–H groups in total. The van der Waals surface area contributed by atoms with Crippen molar-refractivity contribution in [2.24, 2.45) is 5.73 Å². The van der Waals surface area contributed by atoms with Crippen LogP contribution in [0.15, 0.2) is 48.5 Å². The third-order valence-electron chi connectivity index (χ3n) is 3.89. The zero-order valence-corrected chi connectivity index (χ0v) is 11.5. The van der Waals surface area contributed by atoms with E-state index in [1.165, 1.54) is 5.56 Å². The Hall–Kier alpha value is -2.13. The molecule has 0 aromatic heterocycles. The van der Waals surface area contributed by atoms with Crippen molar-refractivity contribution in [3.8, 4) is 0 Å². The number of rotatable bonds is 2. The molecule has 0 aliphatic carbocycles. The van der Waals surface area contributed by atoms with Gasteiger partial charge in [-0.2, -0.15) is 0 Å². The summed E-state index contributed by atoms with van der Waals surface area (Å²) in [5, 5.41) is 0. The monoisotopic (exact) mass is 266 g/mol. The van der Waals surface area contributed by atoms with Gasteiger partial charge in [-0.05, 0) is 36.6 Å². The van der Waals surface area contributed by atoms with Gasteiger partial charge in [0.25, 0.3) is 5.91 Å². The zero-order valence-electron chi connectivity index (χ0n) is 11.5. The Morgan fingerprint density at radius 1 is 1.20 bits per heavy atom. The van der Waals surface area contributed by atoms with Crippen LogP contribution in [-0.4, -0.2) is 11.9 Å². The third kappa shape index (κ3) is 2.00. The lowest BCUT2D eigenvalue weighted by molar-refractivity contribution is 0.0980. The first-order chi connectivity index (χ1) is 9.72. The SMILES string of the molecule is CC1Cc2ccccc2N1C(=O)c1ccccc1CN. The topological polar surface area (TPSA) is 46.3 Å². The highest BCUT2D eigenvalue weighted by molar-refractivity contribution is 6.08. The summed E-state index contributed by atoms with van der Waals surface area (Å²) in [6.07, 6.45) is 0.909. The molecular weight excluding hydrogens is 248 g/mol. The predicted molar refractivity (Wildman–Crippen MR) is 80.8 cm³/mol. The second-order valence-electron chi connectivity index (χ2n) is 5.22. The number of hydrogen-bond donors (Lipinski definition) is 1. The number of carbonyl (C=O) groups excluding carboxylic acids is 1. The van der Waals surface area contributed by atoms with E-state index in [1.54, 1.807) is 0 Å². The van der Waals surface area contributed by atoms with Crippen molar-refractivity contribution >= 4 is 11.6 Å². The summed E-state index contributed by atoms with van der Waals surface area (Å²) in [5.41, 5.74) is 9.61. The molecule has 2 aromatic carbocycles. The van der Waals surface area contributed by atoms with E-state index in [2.05, 4.69) is 13.0 Å². The molecule has 1 unspecified atom stereocenters. The van der Waals surface area contributed by atoms with E-state index in [9.17, 15) is 4.79 Å². The maximum absolute atomic E-state index is 12.9. The van der Waals surface area contributed by atoms with Gasteiger partial charge < -0.3 is 10.6 Å². The average Bonchev–Trinajstić information content (AvgIpc) is 2.82. The molecule has 2 aromatic rings. The van der Waals surface area contributed by atoms with Crippen LogP contribution in [0.5, 0.6) is 0 Å². The quantitative estimate of drug-likeness (QED) is 0.908. The average molecular weight is 266 g/mol. The first kappa shape index (κ1) is 12.9.